The summed E-state index contributed by atoms with van der Waals surface area (Å²) in [5.41, 5.74) is 0. The molecule has 0 fully saturated rings. The molecule has 0 saturated heterocycles. The van der Waals surface area contributed by atoms with Gasteiger partial charge in [0.1, 0.15) is 6.10 Å². The van der Waals surface area contributed by atoms with Crippen LogP contribution in [-0.2, 0) is 4.84 Å². The van der Waals surface area contributed by atoms with Crippen molar-refractivity contribution in [1.29, 1.82) is 0 Å². The molecule has 3 heteroatoms. The number of hydrogen-bond donors (Lipinski definition) is 1. The van der Waals surface area contributed by atoms with E-state index in [0.717, 1.165) is 19.3 Å². The maximum absolute atomic E-state index is 8.43. The van der Waals surface area contributed by atoms with Gasteiger partial charge in [-0.1, -0.05) is 0 Å². The summed E-state index contributed by atoms with van der Waals surface area (Å²) in [6, 6.07) is 0. The molecule has 0 heterocycles. The second-order valence-electron chi connectivity index (χ2n) is 2.26. The second-order valence-corrected chi connectivity index (χ2v) is 2.26. The third kappa shape index (κ3) is 5.56. The van der Waals surface area contributed by atoms with Gasteiger partial charge < -0.3 is 9.94 Å². The summed E-state index contributed by atoms with van der Waals surface area (Å²) in [5, 5.41) is 11.7. The first-order valence-electron chi connectivity index (χ1n) is 3.54. The van der Waals surface area contributed by atoms with E-state index in [1.165, 1.54) is 0 Å². The predicted octanol–water partition coefficient (Wildman–Crippen LogP) is 1.17. The molecule has 0 aromatic rings. The van der Waals surface area contributed by atoms with Gasteiger partial charge in [-0.3, -0.25) is 0 Å². The van der Waals surface area contributed by atoms with Crippen molar-refractivity contribution in [3.05, 3.63) is 0 Å². The predicted molar refractivity (Wildman–Crippen MR) is 41.0 cm³/mol. The van der Waals surface area contributed by atoms with Crippen molar-refractivity contribution < 1.29 is 9.94 Å². The third-order valence-electron chi connectivity index (χ3n) is 1.27. The van der Waals surface area contributed by atoms with E-state index < -0.39 is 0 Å². The lowest BCUT2D eigenvalue weighted by Gasteiger charge is -2.06. The van der Waals surface area contributed by atoms with E-state index >= 15 is 0 Å². The first-order chi connectivity index (χ1) is 4.81. The van der Waals surface area contributed by atoms with Crippen molar-refractivity contribution in [3.63, 3.8) is 0 Å². The molecule has 0 bridgehead atoms. The number of unbranched alkanes of at least 4 members (excludes halogenated alkanes) is 1. The number of aliphatic hydroxyl groups excluding tert-OH is 1. The molecule has 0 rings (SSSR count). The molecule has 1 atom stereocenters. The number of oxime groups is 1. The first-order valence-corrected chi connectivity index (χ1v) is 3.54. The van der Waals surface area contributed by atoms with Crippen LogP contribution in [0.1, 0.15) is 26.2 Å². The van der Waals surface area contributed by atoms with Crippen LogP contribution in [0.15, 0.2) is 5.16 Å². The van der Waals surface area contributed by atoms with Crippen molar-refractivity contribution in [1.82, 2.24) is 0 Å². The average Bonchev–Trinajstić information content (AvgIpc) is 1.89. The fourth-order valence-electron chi connectivity index (χ4n) is 0.724. The summed E-state index contributed by atoms with van der Waals surface area (Å²) >= 11 is 0. The zero-order valence-electron chi connectivity index (χ0n) is 6.42. The molecule has 1 N–H and O–H groups in total. The van der Waals surface area contributed by atoms with E-state index in [1.54, 1.807) is 0 Å². The van der Waals surface area contributed by atoms with E-state index in [2.05, 4.69) is 11.9 Å². The van der Waals surface area contributed by atoms with Crippen LogP contribution < -0.4 is 0 Å². The number of rotatable bonds is 6. The molecule has 0 amide bonds. The molecule has 0 radical (unpaired) electrons. The fraction of sp³-hybridized carbons (Fsp3) is 0.857. The van der Waals surface area contributed by atoms with Crippen LogP contribution in [0.5, 0.6) is 0 Å². The molecule has 0 aliphatic carbocycles. The molecular formula is C7H15NO2. The minimum Gasteiger partial charge on any atom is -0.396 e. The second kappa shape index (κ2) is 6.55. The highest BCUT2D eigenvalue weighted by molar-refractivity contribution is 5.21. The van der Waals surface area contributed by atoms with E-state index in [4.69, 9.17) is 9.94 Å². The molecule has 10 heavy (non-hydrogen) atoms. The Kier molecular flexibility index (Phi) is 6.18. The smallest absolute Gasteiger partial charge is 0.124 e. The highest BCUT2D eigenvalue weighted by Crippen LogP contribution is 2.03. The Balaban J connectivity index is 3.04. The van der Waals surface area contributed by atoms with Gasteiger partial charge >= 0.3 is 0 Å². The fourth-order valence-corrected chi connectivity index (χ4v) is 0.724. The van der Waals surface area contributed by atoms with Crippen molar-refractivity contribution in [2.24, 2.45) is 5.16 Å². The lowest BCUT2D eigenvalue weighted by atomic mass is 10.2. The summed E-state index contributed by atoms with van der Waals surface area (Å²) in [4.78, 5) is 4.82. The molecule has 0 aliphatic heterocycles. The minimum atomic E-state index is 0.129. The Morgan fingerprint density at radius 1 is 1.60 bits per heavy atom. The number of hydrogen-bond acceptors (Lipinski definition) is 3. The van der Waals surface area contributed by atoms with Gasteiger partial charge in [-0.15, -0.1) is 5.16 Å². The maximum Gasteiger partial charge on any atom is 0.124 e. The largest absolute Gasteiger partial charge is 0.396 e. The molecule has 0 aromatic carbocycles. The molecule has 3 nitrogen and oxygen atoms in total. The quantitative estimate of drug-likeness (QED) is 0.346. The normalized spacial score (nSPS) is 12.6. The topological polar surface area (TPSA) is 41.8 Å². The van der Waals surface area contributed by atoms with Gasteiger partial charge in [-0.05, 0) is 26.2 Å². The molecule has 1 unspecified atom stereocenters. The molecule has 0 saturated carbocycles. The van der Waals surface area contributed by atoms with E-state index in [1.807, 2.05) is 6.92 Å². The first kappa shape index (κ1) is 9.43. The van der Waals surface area contributed by atoms with E-state index in [-0.39, 0.29) is 12.7 Å². The van der Waals surface area contributed by atoms with Gasteiger partial charge in [0.2, 0.25) is 0 Å². The summed E-state index contributed by atoms with van der Waals surface area (Å²) in [7, 11) is 0. The minimum absolute atomic E-state index is 0.129. The van der Waals surface area contributed by atoms with Crippen molar-refractivity contribution in [2.75, 3.05) is 6.61 Å². The lowest BCUT2D eigenvalue weighted by molar-refractivity contribution is 0.0656. The van der Waals surface area contributed by atoms with Crippen molar-refractivity contribution >= 4 is 6.72 Å². The Bertz CT molecular complexity index is 85.7. The van der Waals surface area contributed by atoms with Crippen LogP contribution in [-0.4, -0.2) is 24.5 Å². The van der Waals surface area contributed by atoms with Crippen molar-refractivity contribution in [3.8, 4) is 0 Å². The Morgan fingerprint density at radius 3 is 2.80 bits per heavy atom. The van der Waals surface area contributed by atoms with Gasteiger partial charge in [-0.25, -0.2) is 0 Å². The molecule has 0 aliphatic rings. The van der Waals surface area contributed by atoms with Gasteiger partial charge in [0.15, 0.2) is 0 Å². The molecule has 0 aromatic heterocycles. The zero-order chi connectivity index (χ0) is 7.82. The van der Waals surface area contributed by atoms with E-state index in [0.29, 0.717) is 0 Å². The molecule has 60 valence electrons. The zero-order valence-corrected chi connectivity index (χ0v) is 6.42. The highest BCUT2D eigenvalue weighted by Gasteiger charge is 1.99. The van der Waals surface area contributed by atoms with Gasteiger partial charge in [0, 0.05) is 13.3 Å². The maximum atomic E-state index is 8.43. The van der Waals surface area contributed by atoms with Gasteiger partial charge in [0.05, 0.1) is 0 Å². The molecular weight excluding hydrogens is 130 g/mol. The Morgan fingerprint density at radius 2 is 2.30 bits per heavy atom. The van der Waals surface area contributed by atoms with Crippen LogP contribution in [0, 0.1) is 0 Å². The Labute approximate surface area is 61.7 Å². The summed E-state index contributed by atoms with van der Waals surface area (Å²) < 4.78 is 0. The third-order valence-corrected chi connectivity index (χ3v) is 1.27. The highest BCUT2D eigenvalue weighted by atomic mass is 16.6. The summed E-state index contributed by atoms with van der Waals surface area (Å²) in [6.45, 7) is 5.40. The SMILES string of the molecule is C=NOC(C)CCCCO. The number of nitrogens with zero attached hydrogens (tertiary/aromatic N) is 1. The van der Waals surface area contributed by atoms with Crippen LogP contribution in [0.2, 0.25) is 0 Å². The standard InChI is InChI=1S/C7H15NO2/c1-7(10-8-2)5-3-4-6-9/h7,9H,2-6H2,1H3. The van der Waals surface area contributed by atoms with Crippen LogP contribution in [0.3, 0.4) is 0 Å². The monoisotopic (exact) mass is 145 g/mol. The van der Waals surface area contributed by atoms with Crippen LogP contribution in [0.4, 0.5) is 0 Å². The van der Waals surface area contributed by atoms with Gasteiger partial charge in [0.25, 0.3) is 0 Å². The summed E-state index contributed by atoms with van der Waals surface area (Å²) in [5.74, 6) is 0. The van der Waals surface area contributed by atoms with Crippen molar-refractivity contribution in [2.45, 2.75) is 32.3 Å². The Hall–Kier alpha value is -0.570. The molecule has 0 spiro atoms. The summed E-state index contributed by atoms with van der Waals surface area (Å²) in [6.07, 6.45) is 2.88. The van der Waals surface area contributed by atoms with Crippen LogP contribution in [0.25, 0.3) is 0 Å². The van der Waals surface area contributed by atoms with Crippen LogP contribution >= 0.6 is 0 Å². The van der Waals surface area contributed by atoms with E-state index in [9.17, 15) is 0 Å². The van der Waals surface area contributed by atoms with Gasteiger partial charge in [-0.2, -0.15) is 0 Å². The number of aliphatic hydroxyl groups is 1. The lowest BCUT2D eigenvalue weighted by Crippen LogP contribution is -2.03. The average molecular weight is 145 g/mol.